The number of hydrogen-bond acceptors (Lipinski definition) is 18. The van der Waals surface area contributed by atoms with Crippen LogP contribution < -0.4 is 36.5 Å². The van der Waals surface area contributed by atoms with Crippen LogP contribution in [0.5, 0.6) is 11.5 Å². The molecule has 1 aromatic heterocycles. The van der Waals surface area contributed by atoms with Crippen LogP contribution in [0.2, 0.25) is 0 Å². The Bertz CT molecular complexity index is 3040. The fourth-order valence-electron chi connectivity index (χ4n) is 12.0. The summed E-state index contributed by atoms with van der Waals surface area (Å²) in [6.07, 6.45) is -6.45. The number of fused-ring (bicyclic) bond motifs is 5. The first-order chi connectivity index (χ1) is 36.4. The molecule has 23 nitrogen and oxygen atoms in total. The number of pyridine rings is 1. The van der Waals surface area contributed by atoms with Gasteiger partial charge in [-0.3, -0.25) is 19.2 Å². The Morgan fingerprint density at radius 1 is 0.922 bits per heavy atom. The molecule has 3 aliphatic heterocycles. The first-order valence-corrected chi connectivity index (χ1v) is 25.6. The van der Waals surface area contributed by atoms with Crippen molar-refractivity contribution in [2.75, 3.05) is 25.3 Å². The summed E-state index contributed by atoms with van der Waals surface area (Å²) in [7, 11) is 0. The number of carbonyl (C=O) groups is 7. The molecule has 23 heteroatoms. The third kappa shape index (κ3) is 10.1. The van der Waals surface area contributed by atoms with E-state index in [1.54, 1.807) is 51.1 Å². The third-order valence-corrected chi connectivity index (χ3v) is 15.8. The third-order valence-electron chi connectivity index (χ3n) is 15.8. The van der Waals surface area contributed by atoms with Crippen molar-refractivity contribution in [2.45, 2.75) is 146 Å². The largest absolute Gasteiger partial charge is 0.479 e. The molecular formula is C54H64N6O17. The van der Waals surface area contributed by atoms with E-state index < -0.39 is 101 Å². The number of carbonyl (C=O) groups excluding carboxylic acids is 6. The molecule has 0 bridgehead atoms. The summed E-state index contributed by atoms with van der Waals surface area (Å²) < 4.78 is 28.2. The number of nitrogens with two attached hydrogens (primary N) is 1. The standard InChI is InChI=1S/C54H64N6O17/c1-7-54(72)33-14-28-29(42(62)32(33)19-73-50(54)70)13-31-39(30-15-36-37(76-22-75-36)16-34(30)58-41(28)31)52(5)20-53(6,21-52)60-51(71)74-18-26-8-10-27(57-47(66)24(4)56-48(67)40(23(2)3)59-38(61)17-55)12-25(26)9-11-35-43(63)44(64)45(65)46(77-35)49(68)69/h8,10,12,14-16,23-24,29,35,40,43-46,63-65,72H,7,9,11,13,17-22,55H2,1-6H3,(H,56,67)(H,57,66)(H,59,61)(H,60,71)(H,68,69)/t24-,29?,35-,40-,43-,44+,45-,46-,52?,53?,54-/m0/s1. The minimum Gasteiger partial charge on any atom is -0.479 e. The van der Waals surface area contributed by atoms with Gasteiger partial charge in [0.2, 0.25) is 24.5 Å². The van der Waals surface area contributed by atoms with Crippen molar-refractivity contribution in [1.29, 1.82) is 0 Å². The molecular weight excluding hydrogens is 1000 g/mol. The Kier molecular flexibility index (Phi) is 14.7. The summed E-state index contributed by atoms with van der Waals surface area (Å²) in [5, 5.41) is 64.5. The lowest BCUT2D eigenvalue weighted by molar-refractivity contribution is -0.228. The molecule has 6 aliphatic rings. The molecule has 77 heavy (non-hydrogen) atoms. The van der Waals surface area contributed by atoms with Crippen LogP contribution >= 0.6 is 0 Å². The van der Waals surface area contributed by atoms with Crippen LogP contribution in [0.25, 0.3) is 16.5 Å². The number of hydrogen-bond donors (Lipinski definition) is 10. The summed E-state index contributed by atoms with van der Waals surface area (Å²) in [6, 6.07) is 6.33. The summed E-state index contributed by atoms with van der Waals surface area (Å²) in [5.41, 5.74) is 7.16. The molecule has 412 valence electrons. The monoisotopic (exact) mass is 1070 g/mol. The van der Waals surface area contributed by atoms with Crippen molar-refractivity contribution in [1.82, 2.24) is 20.9 Å². The van der Waals surface area contributed by atoms with Gasteiger partial charge < -0.3 is 76.2 Å². The van der Waals surface area contributed by atoms with E-state index >= 15 is 0 Å². The van der Waals surface area contributed by atoms with Gasteiger partial charge in [-0.15, -0.1) is 0 Å². The number of Topliss-reactive ketones (excluding diaryl/α,β-unsaturated/α-hetero) is 1. The fourth-order valence-corrected chi connectivity index (χ4v) is 12.0. The van der Waals surface area contributed by atoms with Crippen LogP contribution in [-0.4, -0.2) is 146 Å². The maximum absolute atomic E-state index is 14.3. The molecule has 1 unspecified atom stereocenters. The number of rotatable bonds is 16. The molecule has 9 atom stereocenters. The summed E-state index contributed by atoms with van der Waals surface area (Å²) in [4.78, 5) is 96.5. The molecule has 11 N–H and O–H groups in total. The number of aliphatic hydroxyl groups is 4. The number of aliphatic carboxylic acids is 1. The number of carboxylic acid groups (broad SMARTS) is 1. The smallest absolute Gasteiger partial charge is 0.407 e. The topological polar surface area (TPSA) is 354 Å². The number of allylic oxidation sites excluding steroid dienone is 1. The lowest BCUT2D eigenvalue weighted by Crippen LogP contribution is -2.61. The van der Waals surface area contributed by atoms with E-state index in [1.165, 1.54) is 6.92 Å². The molecule has 4 amide bonds. The lowest BCUT2D eigenvalue weighted by atomic mass is 9.55. The van der Waals surface area contributed by atoms with Gasteiger partial charge in [-0.05, 0) is 116 Å². The van der Waals surface area contributed by atoms with E-state index in [4.69, 9.17) is 34.4 Å². The zero-order valence-corrected chi connectivity index (χ0v) is 43.4. The molecule has 0 spiro atoms. The van der Waals surface area contributed by atoms with E-state index in [-0.39, 0.29) is 74.3 Å². The first kappa shape index (κ1) is 54.8. The fraction of sp³-hybridized carbons (Fsp3) is 0.519. The number of aryl methyl sites for hydroxylation is 1. The van der Waals surface area contributed by atoms with Crippen molar-refractivity contribution in [3.8, 4) is 11.5 Å². The SMILES string of the molecule is CC[C@@]1(O)C(=O)OCC2=C1C=C1c3nc4cc5c(cc4c(C4(C)CC(C)(NC(=O)OCc6ccc(NC(=O)[C@H](C)NC(=O)[C@@H](NC(=O)CN)C(C)C)cc6CC[C@@H]6O[C@H](C(=O)O)[C@@H](O)[C@H](O)[C@H]6O)C4)c3CC1C2=O)OCO5. The molecule has 4 heterocycles. The highest BCUT2D eigenvalue weighted by atomic mass is 16.7. The molecule has 9 rings (SSSR count). The van der Waals surface area contributed by atoms with Gasteiger partial charge in [-0.2, -0.15) is 0 Å². The van der Waals surface area contributed by atoms with Crippen LogP contribution in [0.4, 0.5) is 10.5 Å². The molecule has 2 aromatic carbocycles. The highest BCUT2D eigenvalue weighted by molar-refractivity contribution is 6.12. The molecule has 1 saturated heterocycles. The van der Waals surface area contributed by atoms with Gasteiger partial charge in [-0.25, -0.2) is 19.4 Å². The number of cyclic esters (lactones) is 1. The summed E-state index contributed by atoms with van der Waals surface area (Å²) in [5.74, 6) is -4.33. The number of aliphatic hydroxyl groups excluding tert-OH is 3. The second kappa shape index (κ2) is 20.7. The number of ketones is 1. The van der Waals surface area contributed by atoms with Crippen LogP contribution in [-0.2, 0) is 67.8 Å². The molecule has 1 saturated carbocycles. The predicted octanol–water partition coefficient (Wildman–Crippen LogP) is 1.24. The maximum Gasteiger partial charge on any atom is 0.407 e. The molecule has 3 aromatic rings. The van der Waals surface area contributed by atoms with E-state index in [1.807, 2.05) is 13.0 Å². The van der Waals surface area contributed by atoms with Gasteiger partial charge in [0, 0.05) is 33.8 Å². The number of ether oxygens (including phenoxy) is 5. The average Bonchev–Trinajstić information content (AvgIpc) is 4.26. The van der Waals surface area contributed by atoms with Gasteiger partial charge >= 0.3 is 18.0 Å². The number of nitrogens with one attached hydrogen (secondary N) is 4. The van der Waals surface area contributed by atoms with Crippen molar-refractivity contribution >= 4 is 63.7 Å². The zero-order valence-electron chi connectivity index (χ0n) is 43.4. The highest BCUT2D eigenvalue weighted by Crippen LogP contribution is 2.57. The second-order valence-electron chi connectivity index (χ2n) is 21.8. The number of aromatic nitrogens is 1. The van der Waals surface area contributed by atoms with Gasteiger partial charge in [0.05, 0.1) is 29.8 Å². The van der Waals surface area contributed by atoms with Crippen LogP contribution in [0.15, 0.2) is 47.6 Å². The maximum atomic E-state index is 14.3. The minimum atomic E-state index is -2.00. The predicted molar refractivity (Wildman–Crippen MR) is 271 cm³/mol. The Hall–Kier alpha value is -7.02. The van der Waals surface area contributed by atoms with E-state index in [9.17, 15) is 59.1 Å². The Morgan fingerprint density at radius 3 is 2.31 bits per heavy atom. The Balaban J connectivity index is 0.934. The molecule has 2 fully saturated rings. The first-order valence-electron chi connectivity index (χ1n) is 25.6. The second-order valence-corrected chi connectivity index (χ2v) is 21.8. The van der Waals surface area contributed by atoms with Crippen molar-refractivity contribution in [2.24, 2.45) is 17.6 Å². The van der Waals surface area contributed by atoms with Crippen molar-refractivity contribution in [3.05, 3.63) is 75.5 Å². The molecule has 3 aliphatic carbocycles. The zero-order chi connectivity index (χ0) is 55.6. The quantitative estimate of drug-likeness (QED) is 0.0902. The number of anilines is 1. The van der Waals surface area contributed by atoms with Gasteiger partial charge in [0.15, 0.2) is 29.0 Å². The van der Waals surface area contributed by atoms with Gasteiger partial charge in [-0.1, -0.05) is 33.8 Å². The van der Waals surface area contributed by atoms with E-state index in [2.05, 4.69) is 28.2 Å². The van der Waals surface area contributed by atoms with Gasteiger partial charge in [0.25, 0.3) is 0 Å². The number of esters is 1. The lowest BCUT2D eigenvalue weighted by Gasteiger charge is -2.54. The summed E-state index contributed by atoms with van der Waals surface area (Å²) in [6.45, 7) is 9.64. The van der Waals surface area contributed by atoms with Crippen LogP contribution in [0.1, 0.15) is 95.2 Å². The number of carboxylic acids is 1. The van der Waals surface area contributed by atoms with Crippen LogP contribution in [0.3, 0.4) is 0 Å². The highest BCUT2D eigenvalue weighted by Gasteiger charge is 2.56. The van der Waals surface area contributed by atoms with Crippen molar-refractivity contribution < 1.29 is 82.8 Å². The Morgan fingerprint density at radius 2 is 1.64 bits per heavy atom. The van der Waals surface area contributed by atoms with E-state index in [0.29, 0.717) is 58.7 Å². The normalized spacial score (nSPS) is 28.8. The average molecular weight is 1070 g/mol. The molecule has 0 radical (unpaired) electrons. The number of amides is 4. The minimum absolute atomic E-state index is 0.00241. The summed E-state index contributed by atoms with van der Waals surface area (Å²) >= 11 is 0. The van der Waals surface area contributed by atoms with Crippen molar-refractivity contribution in [3.63, 3.8) is 0 Å². The number of benzene rings is 2. The van der Waals surface area contributed by atoms with Gasteiger partial charge in [0.1, 0.15) is 43.6 Å². The number of nitrogens with zero attached hydrogens (tertiary/aromatic N) is 1. The Labute approximate surface area is 441 Å². The van der Waals surface area contributed by atoms with E-state index in [0.717, 1.165) is 16.5 Å². The van der Waals surface area contributed by atoms with Crippen LogP contribution in [0, 0.1) is 11.8 Å². The number of alkyl carbamates (subject to hydrolysis) is 1.